The van der Waals surface area contributed by atoms with Gasteiger partial charge in [0.1, 0.15) is 0 Å². The molecule has 0 aromatic heterocycles. The van der Waals surface area contributed by atoms with Crippen LogP contribution < -0.4 is 5.32 Å². The third kappa shape index (κ3) is 2.22. The molecule has 2 rings (SSSR count). The minimum atomic E-state index is 0. The molecular weight excluding hydrogens is 184 g/mol. The monoisotopic (exact) mass is 196 g/mol. The van der Waals surface area contributed by atoms with Gasteiger partial charge in [-0.1, -0.05) is 24.3 Å². The predicted molar refractivity (Wildman–Crippen MR) is 57.3 cm³/mol. The van der Waals surface area contributed by atoms with Gasteiger partial charge in [-0.3, -0.25) is 4.99 Å². The van der Waals surface area contributed by atoms with Crippen LogP contribution in [0.3, 0.4) is 0 Å². The maximum absolute atomic E-state index is 4.37. The summed E-state index contributed by atoms with van der Waals surface area (Å²) in [7, 11) is 0. The van der Waals surface area contributed by atoms with Gasteiger partial charge in [0.05, 0.1) is 12.4 Å². The van der Waals surface area contributed by atoms with Crippen LogP contribution in [0.4, 0.5) is 0 Å². The summed E-state index contributed by atoms with van der Waals surface area (Å²) in [4.78, 5) is 4.37. The second-order valence-electron chi connectivity index (χ2n) is 3.02. The highest BCUT2D eigenvalue weighted by Crippen LogP contribution is 2.11. The van der Waals surface area contributed by atoms with Crippen molar-refractivity contribution in [2.45, 2.75) is 20.0 Å². The topological polar surface area (TPSA) is 24.4 Å². The zero-order valence-electron chi connectivity index (χ0n) is 7.58. The zero-order chi connectivity index (χ0) is 8.39. The largest absolute Gasteiger partial charge is 0.370 e. The quantitative estimate of drug-likeness (QED) is 0.676. The van der Waals surface area contributed by atoms with E-state index in [-0.39, 0.29) is 12.4 Å². The van der Waals surface area contributed by atoms with Crippen molar-refractivity contribution in [3.05, 3.63) is 35.4 Å². The van der Waals surface area contributed by atoms with Gasteiger partial charge in [0.25, 0.3) is 0 Å². The summed E-state index contributed by atoms with van der Waals surface area (Å²) in [6.45, 7) is 3.73. The number of hydrogen-bond donors (Lipinski definition) is 1. The lowest BCUT2D eigenvalue weighted by Crippen LogP contribution is -2.17. The number of fused-ring (bicyclic) bond motifs is 1. The molecule has 1 aliphatic rings. The van der Waals surface area contributed by atoms with E-state index in [1.165, 1.54) is 11.1 Å². The van der Waals surface area contributed by atoms with Crippen LogP contribution in [0.15, 0.2) is 29.3 Å². The van der Waals surface area contributed by atoms with Crippen LogP contribution in [0.1, 0.15) is 18.1 Å². The molecule has 0 fully saturated rings. The maximum Gasteiger partial charge on any atom is 0.0938 e. The van der Waals surface area contributed by atoms with Crippen molar-refractivity contribution in [3.63, 3.8) is 0 Å². The molecule has 0 amide bonds. The number of benzene rings is 1. The fourth-order valence-electron chi connectivity index (χ4n) is 1.37. The minimum Gasteiger partial charge on any atom is -0.370 e. The van der Waals surface area contributed by atoms with Gasteiger partial charge in [0.15, 0.2) is 0 Å². The Morgan fingerprint density at radius 3 is 2.69 bits per heavy atom. The molecule has 2 nitrogen and oxygen atoms in total. The van der Waals surface area contributed by atoms with Crippen LogP contribution in [-0.2, 0) is 13.1 Å². The molecule has 1 heterocycles. The second-order valence-corrected chi connectivity index (χ2v) is 3.02. The Labute approximate surface area is 84.5 Å². The first-order valence-corrected chi connectivity index (χ1v) is 4.18. The standard InChI is InChI=1S/C10H12N2.ClH/c1-8-11-6-9-4-2-3-5-10(9)7-12-8;/h2-5H,6-7H2,1H3,(H,11,12);1H. The SMILES string of the molecule is CC1=NCc2ccccc2CN1.Cl. The van der Waals surface area contributed by atoms with Crippen molar-refractivity contribution in [2.75, 3.05) is 0 Å². The van der Waals surface area contributed by atoms with Gasteiger partial charge in [-0.05, 0) is 18.1 Å². The highest BCUT2D eigenvalue weighted by Gasteiger charge is 2.04. The van der Waals surface area contributed by atoms with E-state index in [0.717, 1.165) is 18.9 Å². The fourth-order valence-corrected chi connectivity index (χ4v) is 1.37. The third-order valence-corrected chi connectivity index (χ3v) is 2.14. The molecule has 0 saturated heterocycles. The molecule has 1 N–H and O–H groups in total. The average molecular weight is 197 g/mol. The first-order valence-electron chi connectivity index (χ1n) is 4.18. The predicted octanol–water partition coefficient (Wildman–Crippen LogP) is 2.13. The van der Waals surface area contributed by atoms with Gasteiger partial charge in [0.2, 0.25) is 0 Å². The van der Waals surface area contributed by atoms with E-state index < -0.39 is 0 Å². The molecule has 0 bridgehead atoms. The Balaban J connectivity index is 0.000000845. The molecule has 13 heavy (non-hydrogen) atoms. The smallest absolute Gasteiger partial charge is 0.0938 e. The minimum absolute atomic E-state index is 0. The van der Waals surface area contributed by atoms with E-state index in [0.29, 0.717) is 0 Å². The molecule has 1 aromatic rings. The van der Waals surface area contributed by atoms with E-state index in [1.54, 1.807) is 0 Å². The fraction of sp³-hybridized carbons (Fsp3) is 0.300. The molecule has 0 spiro atoms. The van der Waals surface area contributed by atoms with Gasteiger partial charge >= 0.3 is 0 Å². The van der Waals surface area contributed by atoms with Gasteiger partial charge in [-0.15, -0.1) is 12.4 Å². The zero-order valence-corrected chi connectivity index (χ0v) is 8.40. The summed E-state index contributed by atoms with van der Waals surface area (Å²) < 4.78 is 0. The van der Waals surface area contributed by atoms with Gasteiger partial charge in [-0.2, -0.15) is 0 Å². The maximum atomic E-state index is 4.37. The van der Waals surface area contributed by atoms with E-state index in [9.17, 15) is 0 Å². The first-order chi connectivity index (χ1) is 5.86. The molecule has 70 valence electrons. The molecule has 0 saturated carbocycles. The van der Waals surface area contributed by atoms with Gasteiger partial charge < -0.3 is 5.32 Å². The van der Waals surface area contributed by atoms with Crippen molar-refractivity contribution >= 4 is 18.2 Å². The molecule has 0 unspecified atom stereocenters. The summed E-state index contributed by atoms with van der Waals surface area (Å²) in [5, 5.41) is 3.25. The summed E-state index contributed by atoms with van der Waals surface area (Å²) >= 11 is 0. The number of hydrogen-bond acceptors (Lipinski definition) is 2. The van der Waals surface area contributed by atoms with Crippen LogP contribution >= 0.6 is 12.4 Å². The van der Waals surface area contributed by atoms with Gasteiger partial charge in [0, 0.05) is 6.54 Å². The molecule has 1 aliphatic heterocycles. The molecule has 3 heteroatoms. The molecule has 0 atom stereocenters. The van der Waals surface area contributed by atoms with Crippen molar-refractivity contribution in [2.24, 2.45) is 4.99 Å². The van der Waals surface area contributed by atoms with Crippen LogP contribution in [0.25, 0.3) is 0 Å². The molecule has 1 aromatic carbocycles. The summed E-state index contributed by atoms with van der Waals surface area (Å²) in [5.41, 5.74) is 2.69. The molecule has 0 radical (unpaired) electrons. The van der Waals surface area contributed by atoms with Crippen molar-refractivity contribution < 1.29 is 0 Å². The van der Waals surface area contributed by atoms with Crippen molar-refractivity contribution in [3.8, 4) is 0 Å². The van der Waals surface area contributed by atoms with Crippen LogP contribution in [0.2, 0.25) is 0 Å². The van der Waals surface area contributed by atoms with E-state index >= 15 is 0 Å². The number of nitrogens with zero attached hydrogens (tertiary/aromatic N) is 1. The molecule has 0 aliphatic carbocycles. The van der Waals surface area contributed by atoms with E-state index in [4.69, 9.17) is 0 Å². The Kier molecular flexibility index (Phi) is 3.32. The Bertz CT molecular complexity index is 320. The van der Waals surface area contributed by atoms with Crippen molar-refractivity contribution in [1.29, 1.82) is 0 Å². The lowest BCUT2D eigenvalue weighted by Gasteiger charge is -2.03. The van der Waals surface area contributed by atoms with E-state index in [2.05, 4.69) is 34.6 Å². The summed E-state index contributed by atoms with van der Waals surface area (Å²) in [5.74, 6) is 1.03. The lowest BCUT2D eigenvalue weighted by molar-refractivity contribution is 0.916. The van der Waals surface area contributed by atoms with Crippen LogP contribution in [0.5, 0.6) is 0 Å². The Hall–Kier alpha value is -1.02. The third-order valence-electron chi connectivity index (χ3n) is 2.14. The lowest BCUT2D eigenvalue weighted by atomic mass is 10.1. The van der Waals surface area contributed by atoms with Crippen molar-refractivity contribution in [1.82, 2.24) is 5.32 Å². The average Bonchev–Trinajstić information content (AvgIpc) is 2.29. The highest BCUT2D eigenvalue weighted by molar-refractivity contribution is 5.85. The van der Waals surface area contributed by atoms with Crippen LogP contribution in [-0.4, -0.2) is 5.84 Å². The second kappa shape index (κ2) is 4.28. The first kappa shape index (κ1) is 10.1. The number of nitrogens with one attached hydrogen (secondary N) is 1. The number of amidine groups is 1. The van der Waals surface area contributed by atoms with Gasteiger partial charge in [-0.25, -0.2) is 0 Å². The summed E-state index contributed by atoms with van der Waals surface area (Å²) in [6.07, 6.45) is 0. The summed E-state index contributed by atoms with van der Waals surface area (Å²) in [6, 6.07) is 8.42. The number of rotatable bonds is 0. The molecular formula is C10H13ClN2. The number of halogens is 1. The number of aliphatic imine (C=N–C) groups is 1. The Morgan fingerprint density at radius 1 is 1.23 bits per heavy atom. The normalized spacial score (nSPS) is 14.4. The van der Waals surface area contributed by atoms with E-state index in [1.807, 2.05) is 6.92 Å². The highest BCUT2D eigenvalue weighted by atomic mass is 35.5. The Morgan fingerprint density at radius 2 is 1.92 bits per heavy atom. The van der Waals surface area contributed by atoms with Crippen LogP contribution in [0, 0.1) is 0 Å².